The molecule has 0 spiro atoms. The summed E-state index contributed by atoms with van der Waals surface area (Å²) in [4.78, 5) is 7.42. The number of hydrogen-bond acceptors (Lipinski definition) is 3. The van der Waals surface area contributed by atoms with E-state index in [4.69, 9.17) is 5.10 Å². The van der Waals surface area contributed by atoms with Gasteiger partial charge in [-0.05, 0) is 31.0 Å². The number of nitrogens with one attached hydrogen (secondary N) is 2. The summed E-state index contributed by atoms with van der Waals surface area (Å²) in [6.07, 6.45) is 10.5. The van der Waals surface area contributed by atoms with Gasteiger partial charge >= 0.3 is 0 Å². The number of imidazole rings is 1. The molecule has 3 aromatic rings. The molecule has 0 saturated heterocycles. The molecule has 0 bridgehead atoms. The van der Waals surface area contributed by atoms with Crippen LogP contribution in [-0.2, 0) is 13.6 Å². The standard InChI is InChI=1S/C18H23N5/c1-23-11-14(18(22-23)13-5-3-2-4-6-13)10-19-15-7-8-16-17(9-15)21-12-20-16/h7-9,11-13,19H,2-6,10H2,1H3,(H,20,21). The van der Waals surface area contributed by atoms with Crippen molar-refractivity contribution in [1.29, 1.82) is 0 Å². The first-order chi connectivity index (χ1) is 11.3. The topological polar surface area (TPSA) is 58.5 Å². The highest BCUT2D eigenvalue weighted by atomic mass is 15.3. The first-order valence-electron chi connectivity index (χ1n) is 8.49. The van der Waals surface area contributed by atoms with E-state index >= 15 is 0 Å². The number of aromatic amines is 1. The van der Waals surface area contributed by atoms with Crippen molar-refractivity contribution >= 4 is 16.7 Å². The van der Waals surface area contributed by atoms with E-state index in [0.717, 1.165) is 23.3 Å². The Morgan fingerprint density at radius 1 is 1.26 bits per heavy atom. The van der Waals surface area contributed by atoms with E-state index in [1.54, 1.807) is 6.33 Å². The highest BCUT2D eigenvalue weighted by Gasteiger charge is 2.21. The number of fused-ring (bicyclic) bond motifs is 1. The second kappa shape index (κ2) is 6.07. The van der Waals surface area contributed by atoms with Crippen LogP contribution in [0.2, 0.25) is 0 Å². The number of aromatic nitrogens is 4. The molecule has 0 amide bonds. The molecule has 0 aliphatic heterocycles. The van der Waals surface area contributed by atoms with Crippen molar-refractivity contribution in [3.05, 3.63) is 42.0 Å². The van der Waals surface area contributed by atoms with Crippen molar-refractivity contribution in [2.75, 3.05) is 5.32 Å². The Hall–Kier alpha value is -2.30. The smallest absolute Gasteiger partial charge is 0.0931 e. The molecule has 0 atom stereocenters. The van der Waals surface area contributed by atoms with Crippen molar-refractivity contribution in [3.8, 4) is 0 Å². The molecular weight excluding hydrogens is 286 g/mol. The third-order valence-corrected chi connectivity index (χ3v) is 4.83. The molecule has 2 aromatic heterocycles. The Morgan fingerprint density at radius 2 is 2.13 bits per heavy atom. The van der Waals surface area contributed by atoms with Gasteiger partial charge in [-0.15, -0.1) is 0 Å². The van der Waals surface area contributed by atoms with Gasteiger partial charge in [0.05, 0.1) is 23.1 Å². The van der Waals surface area contributed by atoms with Crippen molar-refractivity contribution in [3.63, 3.8) is 0 Å². The summed E-state index contributed by atoms with van der Waals surface area (Å²) in [5.74, 6) is 0.636. The minimum Gasteiger partial charge on any atom is -0.381 e. The van der Waals surface area contributed by atoms with Gasteiger partial charge in [0.1, 0.15) is 0 Å². The summed E-state index contributed by atoms with van der Waals surface area (Å²) in [7, 11) is 2.02. The fourth-order valence-electron chi connectivity index (χ4n) is 3.65. The lowest BCUT2D eigenvalue weighted by Crippen LogP contribution is -2.09. The van der Waals surface area contributed by atoms with Crippen LogP contribution >= 0.6 is 0 Å². The Morgan fingerprint density at radius 3 is 3.00 bits per heavy atom. The third kappa shape index (κ3) is 2.96. The third-order valence-electron chi connectivity index (χ3n) is 4.83. The predicted molar refractivity (Wildman–Crippen MR) is 92.5 cm³/mol. The lowest BCUT2D eigenvalue weighted by atomic mass is 9.85. The normalized spacial score (nSPS) is 16.0. The summed E-state index contributed by atoms with van der Waals surface area (Å²) < 4.78 is 1.96. The van der Waals surface area contributed by atoms with E-state index in [2.05, 4.69) is 33.6 Å². The molecule has 0 radical (unpaired) electrons. The largest absolute Gasteiger partial charge is 0.381 e. The van der Waals surface area contributed by atoms with Crippen molar-refractivity contribution < 1.29 is 0 Å². The fraction of sp³-hybridized carbons (Fsp3) is 0.444. The van der Waals surface area contributed by atoms with Gasteiger partial charge in [-0.25, -0.2) is 4.98 Å². The molecule has 2 heterocycles. The van der Waals surface area contributed by atoms with Crippen LogP contribution in [0.1, 0.15) is 49.3 Å². The molecule has 120 valence electrons. The highest BCUT2D eigenvalue weighted by molar-refractivity contribution is 5.78. The van der Waals surface area contributed by atoms with Gasteiger partial charge in [0.25, 0.3) is 0 Å². The van der Waals surface area contributed by atoms with E-state index in [-0.39, 0.29) is 0 Å². The van der Waals surface area contributed by atoms with Gasteiger partial charge in [-0.2, -0.15) is 5.10 Å². The zero-order valence-corrected chi connectivity index (χ0v) is 13.5. The van der Waals surface area contributed by atoms with Crippen molar-refractivity contribution in [2.45, 2.75) is 44.6 Å². The zero-order chi connectivity index (χ0) is 15.6. The second-order valence-corrected chi connectivity index (χ2v) is 6.54. The first-order valence-corrected chi connectivity index (χ1v) is 8.49. The summed E-state index contributed by atoms with van der Waals surface area (Å²) in [5.41, 5.74) is 5.79. The van der Waals surface area contributed by atoms with Crippen LogP contribution in [0.5, 0.6) is 0 Å². The summed E-state index contributed by atoms with van der Waals surface area (Å²) >= 11 is 0. The molecule has 5 nitrogen and oxygen atoms in total. The Labute approximate surface area is 136 Å². The van der Waals surface area contributed by atoms with E-state index in [0.29, 0.717) is 5.92 Å². The second-order valence-electron chi connectivity index (χ2n) is 6.54. The minimum atomic E-state index is 0.636. The minimum absolute atomic E-state index is 0.636. The molecule has 1 saturated carbocycles. The first kappa shape index (κ1) is 14.3. The van der Waals surface area contributed by atoms with Crippen LogP contribution in [0.3, 0.4) is 0 Å². The summed E-state index contributed by atoms with van der Waals surface area (Å²) in [6.45, 7) is 0.819. The van der Waals surface area contributed by atoms with E-state index < -0.39 is 0 Å². The van der Waals surface area contributed by atoms with E-state index in [9.17, 15) is 0 Å². The molecule has 1 fully saturated rings. The average molecular weight is 309 g/mol. The molecule has 0 unspecified atom stereocenters. The van der Waals surface area contributed by atoms with Gasteiger partial charge < -0.3 is 10.3 Å². The molecule has 1 aliphatic carbocycles. The molecule has 4 rings (SSSR count). The zero-order valence-electron chi connectivity index (χ0n) is 13.5. The van der Waals surface area contributed by atoms with Crippen LogP contribution in [0.25, 0.3) is 11.0 Å². The van der Waals surface area contributed by atoms with Crippen LogP contribution in [-0.4, -0.2) is 19.7 Å². The molecule has 23 heavy (non-hydrogen) atoms. The predicted octanol–water partition coefficient (Wildman–Crippen LogP) is 3.96. The van der Waals surface area contributed by atoms with Gasteiger partial charge in [0.2, 0.25) is 0 Å². The number of benzene rings is 1. The Balaban J connectivity index is 1.51. The van der Waals surface area contributed by atoms with Crippen molar-refractivity contribution in [2.24, 2.45) is 7.05 Å². The van der Waals surface area contributed by atoms with Gasteiger partial charge in [0.15, 0.2) is 0 Å². The SMILES string of the molecule is Cn1cc(CNc2ccc3nc[nH]c3c2)c(C2CCCCC2)n1. The lowest BCUT2D eigenvalue weighted by molar-refractivity contribution is 0.432. The number of anilines is 1. The number of nitrogens with zero attached hydrogens (tertiary/aromatic N) is 3. The van der Waals surface area contributed by atoms with Crippen LogP contribution in [0, 0.1) is 0 Å². The fourth-order valence-corrected chi connectivity index (χ4v) is 3.65. The average Bonchev–Trinajstić information content (AvgIpc) is 3.19. The molecule has 2 N–H and O–H groups in total. The molecule has 1 aromatic carbocycles. The summed E-state index contributed by atoms with van der Waals surface area (Å²) in [6, 6.07) is 6.23. The van der Waals surface area contributed by atoms with Crippen molar-refractivity contribution in [1.82, 2.24) is 19.7 Å². The Kier molecular flexibility index (Phi) is 3.77. The molecule has 1 aliphatic rings. The Bertz CT molecular complexity index is 795. The lowest BCUT2D eigenvalue weighted by Gasteiger charge is -2.21. The molecular formula is C18H23N5. The number of rotatable bonds is 4. The maximum Gasteiger partial charge on any atom is 0.0931 e. The van der Waals surface area contributed by atoms with E-state index in [1.165, 1.54) is 43.4 Å². The number of aryl methyl sites for hydroxylation is 1. The highest BCUT2D eigenvalue weighted by Crippen LogP contribution is 2.33. The summed E-state index contributed by atoms with van der Waals surface area (Å²) in [5, 5.41) is 8.28. The monoisotopic (exact) mass is 309 g/mol. The molecule has 5 heteroatoms. The van der Waals surface area contributed by atoms with Crippen LogP contribution < -0.4 is 5.32 Å². The number of hydrogen-bond donors (Lipinski definition) is 2. The van der Waals surface area contributed by atoms with Gasteiger partial charge in [-0.3, -0.25) is 4.68 Å². The number of H-pyrrole nitrogens is 1. The maximum absolute atomic E-state index is 4.75. The van der Waals surface area contributed by atoms with Gasteiger partial charge in [0, 0.05) is 37.0 Å². The quantitative estimate of drug-likeness (QED) is 0.767. The van der Waals surface area contributed by atoms with Crippen LogP contribution in [0.4, 0.5) is 5.69 Å². The van der Waals surface area contributed by atoms with Gasteiger partial charge in [-0.1, -0.05) is 19.3 Å². The van der Waals surface area contributed by atoms with E-state index in [1.807, 2.05) is 17.8 Å². The maximum atomic E-state index is 4.75. The van der Waals surface area contributed by atoms with Crippen LogP contribution in [0.15, 0.2) is 30.7 Å².